The van der Waals surface area contributed by atoms with Crippen molar-refractivity contribution in [2.75, 3.05) is 32.0 Å². The summed E-state index contributed by atoms with van der Waals surface area (Å²) in [6.07, 6.45) is 0. The van der Waals surface area contributed by atoms with Gasteiger partial charge in [-0.05, 0) is 0 Å². The summed E-state index contributed by atoms with van der Waals surface area (Å²) in [6, 6.07) is 0. The number of amides is 1. The summed E-state index contributed by atoms with van der Waals surface area (Å²) in [5.41, 5.74) is 5.52. The molecule has 1 amide bonds. The second-order valence-corrected chi connectivity index (χ2v) is 4.25. The van der Waals surface area contributed by atoms with Crippen LogP contribution in [0.4, 0.5) is 5.13 Å². The summed E-state index contributed by atoms with van der Waals surface area (Å²) in [5.74, 6) is -0.514. The van der Waals surface area contributed by atoms with Crippen molar-refractivity contribution < 1.29 is 20.4 Å². The Kier molecular flexibility index (Phi) is 6.05. The van der Waals surface area contributed by atoms with Crippen LogP contribution < -0.4 is 16.4 Å². The number of thiazole rings is 1. The standard InChI is InChI=1S/C9H15N5O3S/c10-9-13-6(5-18-9)7(14-17)8(16)12-2-1-11-3-4-15/h5,11,15,17H,1-4H2,(H2,10,13)(H,12,16)/p+1/b14-7-. The number of anilines is 1. The average molecular weight is 274 g/mol. The number of hydrogen-bond acceptors (Lipinski definition) is 7. The molecule has 18 heavy (non-hydrogen) atoms. The lowest BCUT2D eigenvalue weighted by molar-refractivity contribution is -0.654. The molecule has 1 rings (SSSR count). The van der Waals surface area contributed by atoms with Gasteiger partial charge in [0.2, 0.25) is 0 Å². The highest BCUT2D eigenvalue weighted by Crippen LogP contribution is 2.11. The smallest absolute Gasteiger partial charge is 0.275 e. The summed E-state index contributed by atoms with van der Waals surface area (Å²) < 4.78 is 0. The second kappa shape index (κ2) is 7.58. The van der Waals surface area contributed by atoms with Crippen LogP contribution in [0.5, 0.6) is 0 Å². The Labute approximate surface area is 108 Å². The molecular weight excluding hydrogens is 258 g/mol. The van der Waals surface area contributed by atoms with Gasteiger partial charge >= 0.3 is 0 Å². The van der Waals surface area contributed by atoms with Crippen LogP contribution in [-0.2, 0) is 4.79 Å². The molecule has 7 N–H and O–H groups in total. The number of nitrogens with two attached hydrogens (primary N) is 2. The monoisotopic (exact) mass is 274 g/mol. The first-order valence-corrected chi connectivity index (χ1v) is 6.21. The van der Waals surface area contributed by atoms with Crippen LogP contribution in [0.25, 0.3) is 0 Å². The van der Waals surface area contributed by atoms with E-state index >= 15 is 0 Å². The highest BCUT2D eigenvalue weighted by molar-refractivity contribution is 7.13. The minimum absolute atomic E-state index is 0.0927. The molecule has 9 heteroatoms. The molecule has 0 radical (unpaired) electrons. The largest absolute Gasteiger partial charge is 0.410 e. The highest BCUT2D eigenvalue weighted by Gasteiger charge is 2.17. The first kappa shape index (κ1) is 14.4. The van der Waals surface area contributed by atoms with E-state index in [2.05, 4.69) is 15.5 Å². The molecular formula is C9H16N5O3S+. The molecule has 0 saturated heterocycles. The number of aromatic nitrogens is 1. The van der Waals surface area contributed by atoms with Gasteiger partial charge in [-0.2, -0.15) is 0 Å². The molecule has 0 aromatic carbocycles. The van der Waals surface area contributed by atoms with Crippen molar-refractivity contribution in [2.45, 2.75) is 0 Å². The van der Waals surface area contributed by atoms with Crippen molar-refractivity contribution in [3.8, 4) is 0 Å². The maximum absolute atomic E-state index is 11.7. The van der Waals surface area contributed by atoms with Gasteiger partial charge in [0.25, 0.3) is 5.91 Å². The zero-order valence-corrected chi connectivity index (χ0v) is 10.5. The zero-order valence-electron chi connectivity index (χ0n) is 9.67. The van der Waals surface area contributed by atoms with Gasteiger partial charge in [-0.15, -0.1) is 11.3 Å². The number of oxime groups is 1. The van der Waals surface area contributed by atoms with Crippen LogP contribution in [0, 0.1) is 0 Å². The Balaban J connectivity index is 2.44. The van der Waals surface area contributed by atoms with Gasteiger partial charge < -0.3 is 26.7 Å². The number of quaternary nitrogens is 1. The minimum Gasteiger partial charge on any atom is -0.410 e. The fourth-order valence-electron chi connectivity index (χ4n) is 1.22. The predicted octanol–water partition coefficient (Wildman–Crippen LogP) is -2.42. The number of carbonyl (C=O) groups is 1. The van der Waals surface area contributed by atoms with E-state index in [0.717, 1.165) is 11.3 Å². The van der Waals surface area contributed by atoms with Gasteiger partial charge in [0, 0.05) is 5.38 Å². The fraction of sp³-hybridized carbons (Fsp3) is 0.444. The van der Waals surface area contributed by atoms with Gasteiger partial charge in [0.05, 0.1) is 26.2 Å². The fourth-order valence-corrected chi connectivity index (χ4v) is 1.76. The molecule has 0 unspecified atom stereocenters. The number of hydrogen-bond donors (Lipinski definition) is 5. The Morgan fingerprint density at radius 2 is 2.39 bits per heavy atom. The lowest BCUT2D eigenvalue weighted by atomic mass is 10.3. The molecule has 0 atom stereocenters. The lowest BCUT2D eigenvalue weighted by Gasteiger charge is -2.04. The van der Waals surface area contributed by atoms with Crippen molar-refractivity contribution in [1.29, 1.82) is 0 Å². The zero-order chi connectivity index (χ0) is 13.4. The van der Waals surface area contributed by atoms with Crippen LogP contribution in [0.2, 0.25) is 0 Å². The van der Waals surface area contributed by atoms with E-state index in [0.29, 0.717) is 24.8 Å². The van der Waals surface area contributed by atoms with Crippen LogP contribution in [0.3, 0.4) is 0 Å². The molecule has 0 bridgehead atoms. The molecule has 0 spiro atoms. The van der Waals surface area contributed by atoms with E-state index < -0.39 is 5.91 Å². The maximum atomic E-state index is 11.7. The number of carbonyl (C=O) groups excluding carboxylic acids is 1. The Hall–Kier alpha value is -1.71. The maximum Gasteiger partial charge on any atom is 0.275 e. The Morgan fingerprint density at radius 3 is 2.94 bits per heavy atom. The number of nitrogens with one attached hydrogen (secondary N) is 1. The van der Waals surface area contributed by atoms with E-state index in [1.54, 1.807) is 5.38 Å². The second-order valence-electron chi connectivity index (χ2n) is 3.37. The topological polar surface area (TPSA) is 137 Å². The normalized spacial score (nSPS) is 11.5. The molecule has 0 saturated carbocycles. The van der Waals surface area contributed by atoms with Gasteiger partial charge in [-0.3, -0.25) is 4.79 Å². The lowest BCUT2D eigenvalue weighted by Crippen LogP contribution is -2.86. The number of nitrogens with zero attached hydrogens (tertiary/aromatic N) is 2. The first-order chi connectivity index (χ1) is 8.69. The van der Waals surface area contributed by atoms with Crippen molar-refractivity contribution in [2.24, 2.45) is 5.16 Å². The Morgan fingerprint density at radius 1 is 1.61 bits per heavy atom. The molecule has 1 heterocycles. The van der Waals surface area contributed by atoms with Crippen LogP contribution >= 0.6 is 11.3 Å². The van der Waals surface area contributed by atoms with E-state index in [4.69, 9.17) is 16.0 Å². The number of aliphatic hydroxyl groups excluding tert-OH is 1. The van der Waals surface area contributed by atoms with Crippen molar-refractivity contribution in [3.05, 3.63) is 11.1 Å². The summed E-state index contributed by atoms with van der Waals surface area (Å²) in [4.78, 5) is 15.5. The molecule has 0 fully saturated rings. The van der Waals surface area contributed by atoms with Crippen molar-refractivity contribution in [3.63, 3.8) is 0 Å². The molecule has 8 nitrogen and oxygen atoms in total. The van der Waals surface area contributed by atoms with Crippen LogP contribution in [0.15, 0.2) is 10.5 Å². The summed E-state index contributed by atoms with van der Waals surface area (Å²) in [5, 5.41) is 26.6. The Bertz CT molecular complexity index is 420. The van der Waals surface area contributed by atoms with E-state index in [-0.39, 0.29) is 18.0 Å². The SMILES string of the molecule is Nc1nc(/C(=N/O)C(=O)NCC[NH2+]CCO)cs1. The summed E-state index contributed by atoms with van der Waals surface area (Å²) in [6.45, 7) is 1.70. The van der Waals surface area contributed by atoms with E-state index in [1.807, 2.05) is 5.32 Å². The number of aliphatic hydroxyl groups is 1. The van der Waals surface area contributed by atoms with E-state index in [1.165, 1.54) is 0 Å². The van der Waals surface area contributed by atoms with Gasteiger partial charge in [0.15, 0.2) is 10.8 Å². The molecule has 0 aliphatic carbocycles. The average Bonchev–Trinajstić information content (AvgIpc) is 2.76. The van der Waals surface area contributed by atoms with Gasteiger partial charge in [-0.1, -0.05) is 5.16 Å². The molecule has 1 aromatic rings. The predicted molar refractivity (Wildman–Crippen MR) is 66.6 cm³/mol. The molecule has 1 aromatic heterocycles. The number of nitrogen functional groups attached to an aromatic ring is 1. The molecule has 0 aliphatic rings. The van der Waals surface area contributed by atoms with Gasteiger partial charge in [-0.25, -0.2) is 4.98 Å². The van der Waals surface area contributed by atoms with Crippen LogP contribution in [0.1, 0.15) is 5.69 Å². The third-order valence-corrected chi connectivity index (χ3v) is 2.72. The van der Waals surface area contributed by atoms with Crippen molar-refractivity contribution >= 4 is 28.1 Å². The van der Waals surface area contributed by atoms with Gasteiger partial charge in [0.1, 0.15) is 5.69 Å². The van der Waals surface area contributed by atoms with Crippen LogP contribution in [-0.4, -0.2) is 53.2 Å². The highest BCUT2D eigenvalue weighted by atomic mass is 32.1. The summed E-state index contributed by atoms with van der Waals surface area (Å²) >= 11 is 1.16. The minimum atomic E-state index is -0.514. The van der Waals surface area contributed by atoms with Crippen molar-refractivity contribution in [1.82, 2.24) is 10.3 Å². The van der Waals surface area contributed by atoms with E-state index in [9.17, 15) is 4.79 Å². The third-order valence-electron chi connectivity index (χ3n) is 2.05. The molecule has 100 valence electrons. The quantitative estimate of drug-likeness (QED) is 0.163. The number of rotatable bonds is 7. The third kappa shape index (κ3) is 4.28. The summed E-state index contributed by atoms with van der Waals surface area (Å²) in [7, 11) is 0. The first-order valence-electron chi connectivity index (χ1n) is 5.33. The molecule has 0 aliphatic heterocycles.